The first-order chi connectivity index (χ1) is 7.60. The molecule has 0 aliphatic carbocycles. The van der Waals surface area contributed by atoms with Gasteiger partial charge in [0.05, 0.1) is 25.0 Å². The van der Waals surface area contributed by atoms with E-state index in [0.717, 1.165) is 0 Å². The van der Waals surface area contributed by atoms with E-state index in [-0.39, 0.29) is 18.5 Å². The highest BCUT2D eigenvalue weighted by atomic mass is 16.4. The zero-order valence-electron chi connectivity index (χ0n) is 9.20. The van der Waals surface area contributed by atoms with E-state index in [2.05, 4.69) is 15.1 Å². The molecule has 7 nitrogen and oxygen atoms in total. The molecule has 1 atom stereocenters. The Hall–Kier alpha value is -1.89. The predicted molar refractivity (Wildman–Crippen MR) is 59.5 cm³/mol. The number of hydrogen-bond donors (Lipinski definition) is 3. The van der Waals surface area contributed by atoms with Crippen molar-refractivity contribution in [3.8, 4) is 0 Å². The molecular weight excluding hydrogens is 210 g/mol. The molecule has 0 radical (unpaired) electrons. The average Bonchev–Trinajstić information content (AvgIpc) is 2.36. The summed E-state index contributed by atoms with van der Waals surface area (Å²) in [6, 6.07) is -0.0518. The topological polar surface area (TPSA) is 108 Å². The number of nitrogens with zero attached hydrogens (tertiary/aromatic N) is 4. The van der Waals surface area contributed by atoms with Crippen LogP contribution in [0.1, 0.15) is 12.6 Å². The van der Waals surface area contributed by atoms with Gasteiger partial charge in [-0.3, -0.25) is 0 Å². The van der Waals surface area contributed by atoms with Gasteiger partial charge in [-0.2, -0.15) is 0 Å². The second-order valence-corrected chi connectivity index (χ2v) is 3.39. The lowest BCUT2D eigenvalue weighted by Crippen LogP contribution is -2.32. The average molecular weight is 225 g/mol. The van der Waals surface area contributed by atoms with E-state index in [1.54, 1.807) is 11.9 Å². The molecule has 0 fully saturated rings. The first-order valence-corrected chi connectivity index (χ1v) is 4.73. The van der Waals surface area contributed by atoms with E-state index in [0.29, 0.717) is 11.5 Å². The predicted octanol–water partition coefficient (Wildman–Crippen LogP) is -0.612. The largest absolute Gasteiger partial charge is 0.409 e. The number of aromatic nitrogens is 2. The number of likely N-dealkylation sites (N-methyl/N-ethyl adjacent to an activating group) is 1. The minimum atomic E-state index is -0.0862. The smallest absolute Gasteiger partial charge is 0.190 e. The molecule has 88 valence electrons. The van der Waals surface area contributed by atoms with E-state index in [4.69, 9.17) is 16.0 Å². The minimum absolute atomic E-state index is 0.0279. The standard InChI is InChI=1S/C9H15N5O2/c1-6(5-15)14(2)8-4-11-7(3-12-8)9(10)13-16/h3-4,6,15-16H,5H2,1-2H3,(H2,10,13). The minimum Gasteiger partial charge on any atom is -0.409 e. The Bertz CT molecular complexity index is 365. The van der Waals surface area contributed by atoms with Crippen molar-refractivity contribution in [2.24, 2.45) is 10.9 Å². The molecule has 16 heavy (non-hydrogen) atoms. The Morgan fingerprint density at radius 3 is 2.69 bits per heavy atom. The quantitative estimate of drug-likeness (QED) is 0.273. The highest BCUT2D eigenvalue weighted by Crippen LogP contribution is 2.09. The van der Waals surface area contributed by atoms with Gasteiger partial charge in [-0.05, 0) is 6.92 Å². The third-order valence-corrected chi connectivity index (χ3v) is 2.30. The maximum atomic E-state index is 8.99. The lowest BCUT2D eigenvalue weighted by Gasteiger charge is -2.23. The molecule has 7 heteroatoms. The Morgan fingerprint density at radius 1 is 1.56 bits per heavy atom. The van der Waals surface area contributed by atoms with E-state index < -0.39 is 0 Å². The van der Waals surface area contributed by atoms with Crippen molar-refractivity contribution in [1.29, 1.82) is 0 Å². The van der Waals surface area contributed by atoms with Crippen LogP contribution in [0, 0.1) is 0 Å². The number of anilines is 1. The van der Waals surface area contributed by atoms with Crippen molar-refractivity contribution in [2.75, 3.05) is 18.6 Å². The summed E-state index contributed by atoms with van der Waals surface area (Å²) in [5.41, 5.74) is 5.65. The fraction of sp³-hybridized carbons (Fsp3) is 0.444. The van der Waals surface area contributed by atoms with Gasteiger partial charge in [-0.25, -0.2) is 9.97 Å². The number of aliphatic hydroxyl groups excluding tert-OH is 1. The summed E-state index contributed by atoms with van der Waals surface area (Å²) in [6.45, 7) is 1.89. The van der Waals surface area contributed by atoms with Gasteiger partial charge in [0.25, 0.3) is 0 Å². The van der Waals surface area contributed by atoms with Crippen molar-refractivity contribution in [3.05, 3.63) is 18.1 Å². The molecule has 0 aliphatic heterocycles. The Balaban J connectivity index is 2.86. The molecule has 1 aromatic heterocycles. The van der Waals surface area contributed by atoms with Crippen LogP contribution in [0.3, 0.4) is 0 Å². The second kappa shape index (κ2) is 5.26. The molecule has 0 aromatic carbocycles. The van der Waals surface area contributed by atoms with Crippen LogP contribution in [-0.4, -0.2) is 45.8 Å². The summed E-state index contributed by atoms with van der Waals surface area (Å²) in [4.78, 5) is 9.86. The highest BCUT2D eigenvalue weighted by Gasteiger charge is 2.11. The number of aliphatic hydroxyl groups is 1. The fourth-order valence-corrected chi connectivity index (χ4v) is 1.04. The van der Waals surface area contributed by atoms with Crippen LogP contribution in [0.2, 0.25) is 0 Å². The van der Waals surface area contributed by atoms with Gasteiger partial charge in [0.1, 0.15) is 11.5 Å². The van der Waals surface area contributed by atoms with Crippen molar-refractivity contribution in [3.63, 3.8) is 0 Å². The third-order valence-electron chi connectivity index (χ3n) is 2.30. The van der Waals surface area contributed by atoms with Gasteiger partial charge < -0.3 is 20.9 Å². The molecule has 0 saturated heterocycles. The van der Waals surface area contributed by atoms with Crippen LogP contribution < -0.4 is 10.6 Å². The summed E-state index contributed by atoms with van der Waals surface area (Å²) in [6.07, 6.45) is 2.91. The van der Waals surface area contributed by atoms with Gasteiger partial charge in [-0.15, -0.1) is 0 Å². The Morgan fingerprint density at radius 2 is 2.25 bits per heavy atom. The van der Waals surface area contributed by atoms with Crippen molar-refractivity contribution < 1.29 is 10.3 Å². The van der Waals surface area contributed by atoms with E-state index in [1.807, 2.05) is 6.92 Å². The summed E-state index contributed by atoms with van der Waals surface area (Å²) in [5.74, 6) is 0.521. The molecule has 0 spiro atoms. The maximum absolute atomic E-state index is 8.99. The van der Waals surface area contributed by atoms with Crippen molar-refractivity contribution in [1.82, 2.24) is 9.97 Å². The second-order valence-electron chi connectivity index (χ2n) is 3.39. The van der Waals surface area contributed by atoms with Crippen LogP contribution in [0.4, 0.5) is 5.82 Å². The Kier molecular flexibility index (Phi) is 4.01. The summed E-state index contributed by atoms with van der Waals surface area (Å²) >= 11 is 0. The fourth-order valence-electron chi connectivity index (χ4n) is 1.04. The van der Waals surface area contributed by atoms with Crippen LogP contribution in [0.25, 0.3) is 0 Å². The molecular formula is C9H15N5O2. The highest BCUT2D eigenvalue weighted by molar-refractivity contribution is 5.94. The van der Waals surface area contributed by atoms with Crippen molar-refractivity contribution >= 4 is 11.7 Å². The molecule has 0 bridgehead atoms. The molecule has 1 rings (SSSR count). The summed E-state index contributed by atoms with van der Waals surface area (Å²) in [5, 5.41) is 20.3. The first kappa shape index (κ1) is 12.2. The van der Waals surface area contributed by atoms with Gasteiger partial charge in [0.15, 0.2) is 5.84 Å². The first-order valence-electron chi connectivity index (χ1n) is 4.73. The zero-order chi connectivity index (χ0) is 12.1. The molecule has 4 N–H and O–H groups in total. The number of oxime groups is 1. The number of rotatable bonds is 4. The van der Waals surface area contributed by atoms with Gasteiger partial charge in [0.2, 0.25) is 0 Å². The molecule has 1 aromatic rings. The molecule has 1 unspecified atom stereocenters. The van der Waals surface area contributed by atoms with E-state index in [9.17, 15) is 0 Å². The summed E-state index contributed by atoms with van der Waals surface area (Å²) < 4.78 is 0. The van der Waals surface area contributed by atoms with Crippen LogP contribution in [-0.2, 0) is 0 Å². The molecule has 0 amide bonds. The lowest BCUT2D eigenvalue weighted by atomic mass is 10.3. The maximum Gasteiger partial charge on any atom is 0.190 e. The van der Waals surface area contributed by atoms with E-state index in [1.165, 1.54) is 12.4 Å². The van der Waals surface area contributed by atoms with Gasteiger partial charge in [0, 0.05) is 7.05 Å². The van der Waals surface area contributed by atoms with Crippen LogP contribution in [0.15, 0.2) is 17.5 Å². The van der Waals surface area contributed by atoms with Crippen LogP contribution >= 0.6 is 0 Å². The third kappa shape index (κ3) is 2.57. The van der Waals surface area contributed by atoms with Gasteiger partial charge in [-0.1, -0.05) is 5.16 Å². The zero-order valence-corrected chi connectivity index (χ0v) is 9.20. The molecule has 0 aliphatic rings. The summed E-state index contributed by atoms with van der Waals surface area (Å²) in [7, 11) is 1.80. The van der Waals surface area contributed by atoms with E-state index >= 15 is 0 Å². The number of nitrogens with two attached hydrogens (primary N) is 1. The molecule has 1 heterocycles. The van der Waals surface area contributed by atoms with Crippen molar-refractivity contribution in [2.45, 2.75) is 13.0 Å². The Labute approximate surface area is 93.2 Å². The SMILES string of the molecule is CC(CO)N(C)c1cnc(C(N)=NO)cn1. The molecule has 0 saturated carbocycles. The number of hydrogen-bond acceptors (Lipinski definition) is 6. The van der Waals surface area contributed by atoms with Crippen LogP contribution in [0.5, 0.6) is 0 Å². The number of amidine groups is 1. The van der Waals surface area contributed by atoms with Gasteiger partial charge >= 0.3 is 0 Å². The monoisotopic (exact) mass is 225 g/mol. The normalized spacial score (nSPS) is 13.6. The lowest BCUT2D eigenvalue weighted by molar-refractivity contribution is 0.269.